The first-order valence-corrected chi connectivity index (χ1v) is 28.6. The Labute approximate surface area is 479 Å². The van der Waals surface area contributed by atoms with E-state index in [2.05, 4.69) is 307 Å². The number of benzene rings is 12. The lowest BCUT2D eigenvalue weighted by Gasteiger charge is -2.27. The molecule has 0 bridgehead atoms. The van der Waals surface area contributed by atoms with E-state index < -0.39 is 0 Å². The fourth-order valence-electron chi connectivity index (χ4n) is 12.1. The minimum Gasteiger partial charge on any atom is -0.310 e. The van der Waals surface area contributed by atoms with Gasteiger partial charge in [-0.15, -0.1) is 0 Å². The normalized spacial score (nSPS) is 11.3. The van der Waals surface area contributed by atoms with Crippen molar-refractivity contribution in [3.05, 3.63) is 294 Å². The molecule has 0 radical (unpaired) electrons. The fraction of sp³-hybridized carbons (Fsp3) is 0.114. The molecule has 0 aromatic heterocycles. The van der Waals surface area contributed by atoms with Crippen molar-refractivity contribution in [3.63, 3.8) is 0 Å². The van der Waals surface area contributed by atoms with Gasteiger partial charge in [-0.1, -0.05) is 201 Å². The summed E-state index contributed by atoms with van der Waals surface area (Å²) >= 11 is 0. The van der Waals surface area contributed by atoms with Crippen LogP contribution in [0.15, 0.2) is 249 Å². The van der Waals surface area contributed by atoms with Crippen molar-refractivity contribution in [2.75, 3.05) is 9.80 Å². The third-order valence-electron chi connectivity index (χ3n) is 16.6. The molecule has 12 aromatic carbocycles. The first kappa shape index (κ1) is 52.2. The molecule has 0 spiro atoms. The van der Waals surface area contributed by atoms with Gasteiger partial charge >= 0.3 is 0 Å². The smallest absolute Gasteiger partial charge is 0.0464 e. The molecule has 0 unspecified atom stereocenters. The highest BCUT2D eigenvalue weighted by atomic mass is 15.1. The summed E-state index contributed by atoms with van der Waals surface area (Å²) in [7, 11) is 0. The van der Waals surface area contributed by atoms with Crippen molar-refractivity contribution in [2.24, 2.45) is 0 Å². The number of fused-ring (bicyclic) bond motifs is 2. The zero-order valence-corrected chi connectivity index (χ0v) is 47.7. The standard InChI is InChI=1S/C79H68N2/c1-9-57-26-38-67(39-27-57)81(71-45-47-73(59(11-3)49-71)61-30-22-53(5)23-31-61)69-42-34-63(35-43-69)77-51-65-17-13-15-19-75(65)79(56(77)8)78-55(7)76(50-64-16-12-14-18-74(64)78)62-32-40-68(41-33-62)80(66-36-24-54(6)25-37-66)70-44-46-72(58(10-2)48-70)60-28-20-52(4)21-29-60/h9,12-51H,1,10-11H2,2-8H3. The van der Waals surface area contributed by atoms with Crippen molar-refractivity contribution in [3.8, 4) is 55.6 Å². The number of hydrogen-bond acceptors (Lipinski definition) is 2. The van der Waals surface area contributed by atoms with Gasteiger partial charge in [0.05, 0.1) is 0 Å². The quantitative estimate of drug-likeness (QED) is 0.107. The van der Waals surface area contributed by atoms with Crippen LogP contribution in [-0.2, 0) is 12.8 Å². The molecule has 2 heteroatoms. The first-order chi connectivity index (χ1) is 39.6. The van der Waals surface area contributed by atoms with E-state index in [1.807, 2.05) is 6.08 Å². The van der Waals surface area contributed by atoms with Gasteiger partial charge in [-0.25, -0.2) is 0 Å². The maximum absolute atomic E-state index is 4.04. The highest BCUT2D eigenvalue weighted by Gasteiger charge is 2.23. The van der Waals surface area contributed by atoms with E-state index in [9.17, 15) is 0 Å². The van der Waals surface area contributed by atoms with Crippen LogP contribution in [0.25, 0.3) is 83.3 Å². The number of aryl methyl sites for hydroxylation is 5. The number of anilines is 6. The molecule has 0 N–H and O–H groups in total. The third kappa shape index (κ3) is 10.2. The molecule has 0 fully saturated rings. The summed E-state index contributed by atoms with van der Waals surface area (Å²) in [5.74, 6) is 0. The summed E-state index contributed by atoms with van der Waals surface area (Å²) in [6.07, 6.45) is 3.76. The number of nitrogens with zero attached hydrogens (tertiary/aromatic N) is 2. The lowest BCUT2D eigenvalue weighted by Crippen LogP contribution is -2.10. The topological polar surface area (TPSA) is 6.48 Å². The van der Waals surface area contributed by atoms with Gasteiger partial charge < -0.3 is 9.80 Å². The molecule has 0 amide bonds. The fourth-order valence-corrected chi connectivity index (χ4v) is 12.1. The maximum Gasteiger partial charge on any atom is 0.0464 e. The monoisotopic (exact) mass is 1040 g/mol. The van der Waals surface area contributed by atoms with Crippen LogP contribution in [0.1, 0.15) is 58.4 Å². The first-order valence-electron chi connectivity index (χ1n) is 28.6. The van der Waals surface area contributed by atoms with Crippen LogP contribution >= 0.6 is 0 Å². The van der Waals surface area contributed by atoms with Crippen LogP contribution in [0.3, 0.4) is 0 Å². The van der Waals surface area contributed by atoms with Crippen molar-refractivity contribution in [1.29, 1.82) is 0 Å². The molecule has 0 saturated heterocycles. The zero-order valence-electron chi connectivity index (χ0n) is 47.7. The van der Waals surface area contributed by atoms with Gasteiger partial charge in [0.1, 0.15) is 0 Å². The zero-order chi connectivity index (χ0) is 55.7. The van der Waals surface area contributed by atoms with E-state index in [1.165, 1.54) is 116 Å². The summed E-state index contributed by atoms with van der Waals surface area (Å²) < 4.78 is 0. The van der Waals surface area contributed by atoms with Crippen LogP contribution in [0.2, 0.25) is 0 Å². The molecule has 0 aliphatic heterocycles. The minimum absolute atomic E-state index is 0.922. The van der Waals surface area contributed by atoms with Gasteiger partial charge in [0.15, 0.2) is 0 Å². The lowest BCUT2D eigenvalue weighted by atomic mass is 9.82. The Bertz CT molecular complexity index is 4260. The molecule has 0 aliphatic rings. The van der Waals surface area contributed by atoms with E-state index in [4.69, 9.17) is 0 Å². The second-order valence-corrected chi connectivity index (χ2v) is 21.8. The average molecular weight is 1050 g/mol. The molecule has 81 heavy (non-hydrogen) atoms. The largest absolute Gasteiger partial charge is 0.310 e. The second kappa shape index (κ2) is 22.3. The predicted octanol–water partition coefficient (Wildman–Crippen LogP) is 22.6. The number of rotatable bonds is 14. The summed E-state index contributed by atoms with van der Waals surface area (Å²) in [4.78, 5) is 4.78. The summed E-state index contributed by atoms with van der Waals surface area (Å²) in [6, 6.07) is 90.4. The Balaban J connectivity index is 0.947. The Hall–Kier alpha value is -9.50. The van der Waals surface area contributed by atoms with Crippen LogP contribution < -0.4 is 9.80 Å². The second-order valence-electron chi connectivity index (χ2n) is 21.8. The predicted molar refractivity (Wildman–Crippen MR) is 351 cm³/mol. The van der Waals surface area contributed by atoms with Crippen molar-refractivity contribution >= 4 is 61.7 Å². The molecular weight excluding hydrogens is 977 g/mol. The minimum atomic E-state index is 0.922. The van der Waals surface area contributed by atoms with E-state index in [0.29, 0.717) is 0 Å². The van der Waals surface area contributed by atoms with Gasteiger partial charge in [0, 0.05) is 34.1 Å². The summed E-state index contributed by atoms with van der Waals surface area (Å²) in [6.45, 7) is 19.7. The van der Waals surface area contributed by atoms with Gasteiger partial charge in [-0.2, -0.15) is 0 Å². The van der Waals surface area contributed by atoms with Crippen molar-refractivity contribution < 1.29 is 0 Å². The van der Waals surface area contributed by atoms with Gasteiger partial charge in [0.25, 0.3) is 0 Å². The average Bonchev–Trinajstić information content (AvgIpc) is 3.70. The SMILES string of the molecule is C=Cc1ccc(N(c2ccc(-c3cc4ccccc4c(-c4c(C)c(-c5ccc(N(c6ccc(C)cc6)c6ccc(-c7ccc(C)cc7)c(CC)c6)cc5)cc5ccccc45)c3C)cc2)c2ccc(-c3ccc(C)cc3)c(CC)c2)cc1. The van der Waals surface area contributed by atoms with E-state index in [1.54, 1.807) is 0 Å². The number of hydrogen-bond donors (Lipinski definition) is 0. The van der Waals surface area contributed by atoms with E-state index in [0.717, 1.165) is 52.5 Å². The van der Waals surface area contributed by atoms with E-state index >= 15 is 0 Å². The molecule has 394 valence electrons. The van der Waals surface area contributed by atoms with Gasteiger partial charge in [0.2, 0.25) is 0 Å². The third-order valence-corrected chi connectivity index (χ3v) is 16.6. The van der Waals surface area contributed by atoms with Gasteiger partial charge in [-0.3, -0.25) is 0 Å². The lowest BCUT2D eigenvalue weighted by molar-refractivity contribution is 1.13. The highest BCUT2D eigenvalue weighted by Crippen LogP contribution is 2.47. The molecule has 0 heterocycles. The molecule has 0 saturated carbocycles. The van der Waals surface area contributed by atoms with Crippen molar-refractivity contribution in [1.82, 2.24) is 0 Å². The Morgan fingerprint density at radius 3 is 1.00 bits per heavy atom. The van der Waals surface area contributed by atoms with E-state index in [-0.39, 0.29) is 0 Å². The highest BCUT2D eigenvalue weighted by molar-refractivity contribution is 6.11. The van der Waals surface area contributed by atoms with Crippen LogP contribution in [0.5, 0.6) is 0 Å². The molecule has 12 rings (SSSR count). The molecule has 2 nitrogen and oxygen atoms in total. The maximum atomic E-state index is 4.04. The van der Waals surface area contributed by atoms with Crippen LogP contribution in [0.4, 0.5) is 34.1 Å². The van der Waals surface area contributed by atoms with Crippen LogP contribution in [0, 0.1) is 34.6 Å². The summed E-state index contributed by atoms with van der Waals surface area (Å²) in [5.41, 5.74) is 29.1. The van der Waals surface area contributed by atoms with Crippen LogP contribution in [-0.4, -0.2) is 0 Å². The van der Waals surface area contributed by atoms with Gasteiger partial charge in [-0.05, 0) is 237 Å². The summed E-state index contributed by atoms with van der Waals surface area (Å²) in [5, 5.41) is 4.94. The molecule has 0 atom stereocenters. The molecular formula is C79H68N2. The Kier molecular flexibility index (Phi) is 14.4. The van der Waals surface area contributed by atoms with Crippen molar-refractivity contribution in [2.45, 2.75) is 61.3 Å². The Morgan fingerprint density at radius 2 is 0.630 bits per heavy atom. The molecule has 12 aromatic rings. The molecule has 0 aliphatic carbocycles. The Morgan fingerprint density at radius 1 is 0.321 bits per heavy atom.